The molecule has 0 saturated carbocycles. The highest BCUT2D eigenvalue weighted by Gasteiger charge is 2.16. The van der Waals surface area contributed by atoms with Gasteiger partial charge in [-0.2, -0.15) is 0 Å². The SMILES string of the molecule is CN(C)CCNC(=O)NC1CCCO1. The average molecular weight is 201 g/mol. The Bertz CT molecular complexity index is 179. The van der Waals surface area contributed by atoms with Gasteiger partial charge < -0.3 is 20.3 Å². The van der Waals surface area contributed by atoms with Crippen LogP contribution in [0.15, 0.2) is 0 Å². The monoisotopic (exact) mass is 201 g/mol. The highest BCUT2D eigenvalue weighted by Crippen LogP contribution is 2.08. The van der Waals surface area contributed by atoms with Crippen molar-refractivity contribution in [1.29, 1.82) is 0 Å². The number of carbonyl (C=O) groups excluding carboxylic acids is 1. The van der Waals surface area contributed by atoms with E-state index in [9.17, 15) is 4.79 Å². The van der Waals surface area contributed by atoms with Gasteiger partial charge in [0, 0.05) is 19.7 Å². The molecule has 0 aliphatic carbocycles. The van der Waals surface area contributed by atoms with E-state index in [4.69, 9.17) is 4.74 Å². The van der Waals surface area contributed by atoms with Gasteiger partial charge >= 0.3 is 6.03 Å². The molecular weight excluding hydrogens is 182 g/mol. The normalized spacial score (nSPS) is 21.2. The Morgan fingerprint density at radius 1 is 1.57 bits per heavy atom. The minimum absolute atomic E-state index is 0.0886. The fourth-order valence-electron chi connectivity index (χ4n) is 1.28. The van der Waals surface area contributed by atoms with Crippen molar-refractivity contribution in [3.8, 4) is 0 Å². The van der Waals surface area contributed by atoms with Gasteiger partial charge in [-0.3, -0.25) is 0 Å². The van der Waals surface area contributed by atoms with Crippen LogP contribution in [0.5, 0.6) is 0 Å². The third-order valence-electron chi connectivity index (χ3n) is 2.07. The standard InChI is InChI=1S/C9H19N3O2/c1-12(2)6-5-10-9(13)11-8-4-3-7-14-8/h8H,3-7H2,1-2H3,(H2,10,11,13). The van der Waals surface area contributed by atoms with Gasteiger partial charge in [-0.25, -0.2) is 4.79 Å². The molecule has 5 nitrogen and oxygen atoms in total. The molecule has 82 valence electrons. The predicted molar refractivity (Wildman–Crippen MR) is 54.1 cm³/mol. The van der Waals surface area contributed by atoms with E-state index in [0.29, 0.717) is 6.54 Å². The van der Waals surface area contributed by atoms with E-state index in [1.165, 1.54) is 0 Å². The number of carbonyl (C=O) groups is 1. The molecule has 1 heterocycles. The van der Waals surface area contributed by atoms with Gasteiger partial charge in [0.1, 0.15) is 6.23 Å². The Balaban J connectivity index is 2.03. The lowest BCUT2D eigenvalue weighted by atomic mass is 10.3. The topological polar surface area (TPSA) is 53.6 Å². The second-order valence-electron chi connectivity index (χ2n) is 3.71. The van der Waals surface area contributed by atoms with Crippen molar-refractivity contribution in [3.63, 3.8) is 0 Å². The zero-order valence-electron chi connectivity index (χ0n) is 8.88. The number of ether oxygens (including phenoxy) is 1. The molecule has 5 heteroatoms. The molecule has 1 saturated heterocycles. The number of rotatable bonds is 4. The van der Waals surface area contributed by atoms with E-state index in [1.54, 1.807) is 0 Å². The number of nitrogens with one attached hydrogen (secondary N) is 2. The first-order valence-corrected chi connectivity index (χ1v) is 4.99. The fraction of sp³-hybridized carbons (Fsp3) is 0.889. The second-order valence-corrected chi connectivity index (χ2v) is 3.71. The minimum atomic E-state index is -0.140. The van der Waals surface area contributed by atoms with Gasteiger partial charge in [-0.1, -0.05) is 0 Å². The minimum Gasteiger partial charge on any atom is -0.358 e. The number of hydrogen-bond acceptors (Lipinski definition) is 3. The molecule has 2 N–H and O–H groups in total. The van der Waals surface area contributed by atoms with Crippen LogP contribution in [0.1, 0.15) is 12.8 Å². The van der Waals surface area contributed by atoms with E-state index in [-0.39, 0.29) is 12.3 Å². The Morgan fingerprint density at radius 3 is 2.93 bits per heavy atom. The molecule has 1 fully saturated rings. The van der Waals surface area contributed by atoms with E-state index >= 15 is 0 Å². The van der Waals surface area contributed by atoms with E-state index in [2.05, 4.69) is 10.6 Å². The van der Waals surface area contributed by atoms with Gasteiger partial charge in [0.25, 0.3) is 0 Å². The van der Waals surface area contributed by atoms with Gasteiger partial charge in [-0.05, 0) is 26.9 Å². The van der Waals surface area contributed by atoms with Crippen LogP contribution in [0.2, 0.25) is 0 Å². The average Bonchev–Trinajstić information content (AvgIpc) is 2.56. The summed E-state index contributed by atoms with van der Waals surface area (Å²) in [6.45, 7) is 2.26. The summed E-state index contributed by atoms with van der Waals surface area (Å²) < 4.78 is 5.27. The van der Waals surface area contributed by atoms with Crippen LogP contribution in [0.4, 0.5) is 4.79 Å². The largest absolute Gasteiger partial charge is 0.358 e. The number of amides is 2. The molecule has 0 aromatic rings. The van der Waals surface area contributed by atoms with Gasteiger partial charge in [0.05, 0.1) is 0 Å². The third-order valence-corrected chi connectivity index (χ3v) is 2.07. The Morgan fingerprint density at radius 2 is 2.36 bits per heavy atom. The summed E-state index contributed by atoms with van der Waals surface area (Å²) in [4.78, 5) is 13.3. The molecule has 2 amide bonds. The number of urea groups is 1. The smallest absolute Gasteiger partial charge is 0.316 e. The quantitative estimate of drug-likeness (QED) is 0.672. The summed E-state index contributed by atoms with van der Waals surface area (Å²) in [6, 6.07) is -0.140. The third kappa shape index (κ3) is 4.43. The fourth-order valence-corrected chi connectivity index (χ4v) is 1.28. The van der Waals surface area contributed by atoms with Crippen LogP contribution >= 0.6 is 0 Å². The maximum Gasteiger partial charge on any atom is 0.316 e. The molecule has 1 unspecified atom stereocenters. The van der Waals surface area contributed by atoms with Crippen molar-refractivity contribution >= 4 is 6.03 Å². The van der Waals surface area contributed by atoms with E-state index in [1.807, 2.05) is 19.0 Å². The predicted octanol–water partition coefficient (Wildman–Crippen LogP) is -0.0163. The number of hydrogen-bond donors (Lipinski definition) is 2. The van der Waals surface area contributed by atoms with Crippen molar-refractivity contribution in [3.05, 3.63) is 0 Å². The summed E-state index contributed by atoms with van der Waals surface area (Å²) in [5.41, 5.74) is 0. The molecular formula is C9H19N3O2. The van der Waals surface area contributed by atoms with Crippen LogP contribution in [0.25, 0.3) is 0 Å². The van der Waals surface area contributed by atoms with Crippen molar-refractivity contribution < 1.29 is 9.53 Å². The molecule has 0 radical (unpaired) electrons. The maximum absolute atomic E-state index is 11.3. The molecule has 1 aliphatic rings. The first-order chi connectivity index (χ1) is 6.68. The molecule has 0 aromatic heterocycles. The lowest BCUT2D eigenvalue weighted by Crippen LogP contribution is -2.43. The molecule has 0 aromatic carbocycles. The van der Waals surface area contributed by atoms with E-state index < -0.39 is 0 Å². The summed E-state index contributed by atoms with van der Waals surface area (Å²) in [6.07, 6.45) is 1.86. The van der Waals surface area contributed by atoms with Crippen molar-refractivity contribution in [2.24, 2.45) is 0 Å². The summed E-state index contributed by atoms with van der Waals surface area (Å²) in [5, 5.41) is 5.53. The molecule has 0 bridgehead atoms. The highest BCUT2D eigenvalue weighted by molar-refractivity contribution is 5.73. The van der Waals surface area contributed by atoms with Crippen molar-refractivity contribution in [2.75, 3.05) is 33.8 Å². The van der Waals surface area contributed by atoms with Crippen molar-refractivity contribution in [2.45, 2.75) is 19.1 Å². The van der Waals surface area contributed by atoms with Crippen LogP contribution in [-0.2, 0) is 4.74 Å². The summed E-state index contributed by atoms with van der Waals surface area (Å²) in [7, 11) is 3.94. The lowest BCUT2D eigenvalue weighted by Gasteiger charge is -2.14. The number of nitrogens with zero attached hydrogens (tertiary/aromatic N) is 1. The first-order valence-electron chi connectivity index (χ1n) is 4.99. The molecule has 1 rings (SSSR count). The highest BCUT2D eigenvalue weighted by atomic mass is 16.5. The molecule has 0 spiro atoms. The molecule has 14 heavy (non-hydrogen) atoms. The molecule has 1 aliphatic heterocycles. The zero-order valence-corrected chi connectivity index (χ0v) is 8.88. The van der Waals surface area contributed by atoms with Gasteiger partial charge in [0.2, 0.25) is 0 Å². The molecule has 1 atom stereocenters. The Labute approximate surface area is 84.8 Å². The Hall–Kier alpha value is -0.810. The number of likely N-dealkylation sites (N-methyl/N-ethyl adjacent to an activating group) is 1. The maximum atomic E-state index is 11.3. The zero-order chi connectivity index (χ0) is 10.4. The summed E-state index contributed by atoms with van der Waals surface area (Å²) >= 11 is 0. The van der Waals surface area contributed by atoms with Crippen LogP contribution in [0, 0.1) is 0 Å². The van der Waals surface area contributed by atoms with Gasteiger partial charge in [0.15, 0.2) is 0 Å². The first kappa shape index (κ1) is 11.3. The lowest BCUT2D eigenvalue weighted by molar-refractivity contribution is 0.0907. The van der Waals surface area contributed by atoms with Crippen LogP contribution < -0.4 is 10.6 Å². The van der Waals surface area contributed by atoms with Crippen LogP contribution in [0.3, 0.4) is 0 Å². The van der Waals surface area contributed by atoms with E-state index in [0.717, 1.165) is 26.0 Å². The Kier molecular flexibility index (Phi) is 4.69. The van der Waals surface area contributed by atoms with Crippen LogP contribution in [-0.4, -0.2) is 51.0 Å². The second kappa shape index (κ2) is 5.82. The summed E-state index contributed by atoms with van der Waals surface area (Å²) in [5.74, 6) is 0. The van der Waals surface area contributed by atoms with Gasteiger partial charge in [-0.15, -0.1) is 0 Å². The van der Waals surface area contributed by atoms with Crippen molar-refractivity contribution in [1.82, 2.24) is 15.5 Å².